The molecule has 0 aliphatic carbocycles. The van der Waals surface area contributed by atoms with E-state index in [1.807, 2.05) is 18.2 Å². The number of furan rings is 1. The third-order valence-corrected chi connectivity index (χ3v) is 3.48. The molecule has 0 bridgehead atoms. The number of imidazole rings is 1. The van der Waals surface area contributed by atoms with Crippen molar-refractivity contribution in [2.75, 3.05) is 5.32 Å². The molecule has 0 atom stereocenters. The molecule has 3 aromatic rings. The fourth-order valence-electron chi connectivity index (χ4n) is 2.34. The van der Waals surface area contributed by atoms with Gasteiger partial charge in [0.25, 0.3) is 0 Å². The topological polar surface area (TPSA) is 99.3 Å². The van der Waals surface area contributed by atoms with Crippen LogP contribution in [0.15, 0.2) is 46.3 Å². The highest BCUT2D eigenvalue weighted by Crippen LogP contribution is 2.31. The molecule has 7 nitrogen and oxygen atoms in total. The van der Waals surface area contributed by atoms with Gasteiger partial charge < -0.3 is 19.8 Å². The first kappa shape index (κ1) is 13.3. The van der Waals surface area contributed by atoms with Crippen LogP contribution in [0.25, 0.3) is 11.6 Å². The number of pyridine rings is 1. The van der Waals surface area contributed by atoms with Gasteiger partial charge in [-0.2, -0.15) is 4.98 Å². The van der Waals surface area contributed by atoms with Gasteiger partial charge in [0.15, 0.2) is 5.82 Å². The maximum Gasteiger partial charge on any atom is 0.238 e. The van der Waals surface area contributed by atoms with Crippen LogP contribution in [0.1, 0.15) is 16.8 Å². The molecule has 1 aliphatic heterocycles. The van der Waals surface area contributed by atoms with Crippen LogP contribution in [0.5, 0.6) is 5.88 Å². The number of hydrogen-bond donors (Lipinski definition) is 3. The second-order valence-electron chi connectivity index (χ2n) is 5.04. The van der Waals surface area contributed by atoms with Gasteiger partial charge in [0, 0.05) is 35.7 Å². The molecule has 0 unspecified atom stereocenters. The first-order chi connectivity index (χ1) is 11.3. The lowest BCUT2D eigenvalue weighted by atomic mass is 10.1. The van der Waals surface area contributed by atoms with Gasteiger partial charge in [-0.1, -0.05) is 0 Å². The van der Waals surface area contributed by atoms with E-state index in [4.69, 9.17) is 4.42 Å². The maximum absolute atomic E-state index is 9.99. The van der Waals surface area contributed by atoms with E-state index in [2.05, 4.69) is 25.3 Å². The van der Waals surface area contributed by atoms with Crippen LogP contribution >= 0.6 is 0 Å². The average Bonchev–Trinajstić information content (AvgIpc) is 3.28. The minimum atomic E-state index is -0.0714. The largest absolute Gasteiger partial charge is 0.492 e. The molecular formula is C16H13N5O2. The summed E-state index contributed by atoms with van der Waals surface area (Å²) in [5.41, 5.74) is 3.30. The van der Waals surface area contributed by atoms with E-state index in [0.29, 0.717) is 24.0 Å². The Labute approximate surface area is 131 Å². The molecule has 4 rings (SSSR count). The predicted molar refractivity (Wildman–Crippen MR) is 86.5 cm³/mol. The molecule has 0 radical (unpaired) electrons. The van der Waals surface area contributed by atoms with Gasteiger partial charge in [-0.25, -0.2) is 9.98 Å². The number of hydrogen-bond acceptors (Lipinski definition) is 6. The standard InChI is InChI=1S/C16H13N5O2/c22-15-13(6-11-8-18-14-12(11)2-1-4-17-14)20-16(21-15)19-7-10-3-5-23-9-10/h1-6,8-9,22H,7H2,(H2,19,20,21)/b11-6+. The smallest absolute Gasteiger partial charge is 0.238 e. The molecule has 0 spiro atoms. The van der Waals surface area contributed by atoms with Crippen molar-refractivity contribution in [2.24, 2.45) is 4.99 Å². The van der Waals surface area contributed by atoms with E-state index in [1.165, 1.54) is 0 Å². The Morgan fingerprint density at radius 2 is 2.30 bits per heavy atom. The monoisotopic (exact) mass is 307 g/mol. The Bertz CT molecular complexity index is 893. The highest BCUT2D eigenvalue weighted by Gasteiger charge is 2.14. The van der Waals surface area contributed by atoms with E-state index in [1.54, 1.807) is 31.0 Å². The number of rotatable bonds is 4. The molecule has 23 heavy (non-hydrogen) atoms. The van der Waals surface area contributed by atoms with Crippen molar-refractivity contribution in [1.29, 1.82) is 0 Å². The van der Waals surface area contributed by atoms with Crippen molar-refractivity contribution in [3.63, 3.8) is 0 Å². The molecule has 3 N–H and O–H groups in total. The number of aromatic amines is 1. The second-order valence-corrected chi connectivity index (χ2v) is 5.04. The Balaban J connectivity index is 1.56. The van der Waals surface area contributed by atoms with Crippen LogP contribution < -0.4 is 5.32 Å². The van der Waals surface area contributed by atoms with Gasteiger partial charge in [-0.3, -0.25) is 0 Å². The number of H-pyrrole nitrogens is 1. The molecule has 0 saturated heterocycles. The van der Waals surface area contributed by atoms with Crippen molar-refractivity contribution >= 4 is 29.6 Å². The van der Waals surface area contributed by atoms with Gasteiger partial charge >= 0.3 is 0 Å². The van der Waals surface area contributed by atoms with Crippen LogP contribution in [0.2, 0.25) is 0 Å². The van der Waals surface area contributed by atoms with E-state index >= 15 is 0 Å². The molecular weight excluding hydrogens is 294 g/mol. The quantitative estimate of drug-likeness (QED) is 0.688. The molecule has 4 heterocycles. The van der Waals surface area contributed by atoms with E-state index in [9.17, 15) is 5.11 Å². The Morgan fingerprint density at radius 1 is 1.35 bits per heavy atom. The van der Waals surface area contributed by atoms with Gasteiger partial charge in [0.1, 0.15) is 5.69 Å². The van der Waals surface area contributed by atoms with Crippen molar-refractivity contribution in [3.8, 4) is 5.88 Å². The first-order valence-corrected chi connectivity index (χ1v) is 7.04. The van der Waals surface area contributed by atoms with Gasteiger partial charge in [-0.15, -0.1) is 0 Å². The van der Waals surface area contributed by atoms with Gasteiger partial charge in [0.05, 0.1) is 12.5 Å². The number of nitrogens with zero attached hydrogens (tertiary/aromatic N) is 3. The van der Waals surface area contributed by atoms with Crippen LogP contribution in [0.4, 0.5) is 11.8 Å². The van der Waals surface area contributed by atoms with Crippen molar-refractivity contribution < 1.29 is 9.52 Å². The molecule has 7 heteroatoms. The minimum Gasteiger partial charge on any atom is -0.492 e. The molecule has 114 valence electrons. The van der Waals surface area contributed by atoms with E-state index in [-0.39, 0.29) is 5.88 Å². The summed E-state index contributed by atoms with van der Waals surface area (Å²) >= 11 is 0. The fourth-order valence-corrected chi connectivity index (χ4v) is 2.34. The predicted octanol–water partition coefficient (Wildman–Crippen LogP) is 2.97. The summed E-state index contributed by atoms with van der Waals surface area (Å²) in [5.74, 6) is 1.09. The lowest BCUT2D eigenvalue weighted by Crippen LogP contribution is -1.99. The van der Waals surface area contributed by atoms with Crippen LogP contribution in [-0.4, -0.2) is 26.3 Å². The summed E-state index contributed by atoms with van der Waals surface area (Å²) in [6.07, 6.45) is 8.47. The van der Waals surface area contributed by atoms with Crippen molar-refractivity contribution in [3.05, 3.63) is 53.7 Å². The normalized spacial score (nSPS) is 14.3. The lowest BCUT2D eigenvalue weighted by molar-refractivity contribution is 0.455. The molecule has 3 aromatic heterocycles. The van der Waals surface area contributed by atoms with Crippen molar-refractivity contribution in [2.45, 2.75) is 6.54 Å². The Hall–Kier alpha value is -3.35. The zero-order valence-corrected chi connectivity index (χ0v) is 12.0. The van der Waals surface area contributed by atoms with E-state index in [0.717, 1.165) is 16.7 Å². The molecule has 0 aromatic carbocycles. The number of fused-ring (bicyclic) bond motifs is 1. The van der Waals surface area contributed by atoms with Crippen LogP contribution in [-0.2, 0) is 6.54 Å². The number of allylic oxidation sites excluding steroid dienone is 1. The Kier molecular flexibility index (Phi) is 3.16. The summed E-state index contributed by atoms with van der Waals surface area (Å²) < 4.78 is 5.00. The fraction of sp³-hybridized carbons (Fsp3) is 0.0625. The highest BCUT2D eigenvalue weighted by atomic mass is 16.3. The zero-order valence-electron chi connectivity index (χ0n) is 12.0. The number of aromatic hydroxyl groups is 1. The van der Waals surface area contributed by atoms with Crippen LogP contribution in [0.3, 0.4) is 0 Å². The minimum absolute atomic E-state index is 0.0714. The summed E-state index contributed by atoms with van der Waals surface area (Å²) in [5, 5.41) is 13.1. The zero-order chi connectivity index (χ0) is 15.6. The third-order valence-electron chi connectivity index (χ3n) is 3.48. The summed E-state index contributed by atoms with van der Waals surface area (Å²) in [4.78, 5) is 15.5. The lowest BCUT2D eigenvalue weighted by Gasteiger charge is -1.99. The maximum atomic E-state index is 9.99. The SMILES string of the molecule is Oc1nc(NCc2ccoc2)[nH]c1/C=C1\C=Nc2ncccc21. The van der Waals surface area contributed by atoms with Gasteiger partial charge in [0.2, 0.25) is 11.8 Å². The molecule has 0 fully saturated rings. The van der Waals surface area contributed by atoms with Crippen LogP contribution in [0, 0.1) is 0 Å². The number of nitrogens with one attached hydrogen (secondary N) is 2. The summed E-state index contributed by atoms with van der Waals surface area (Å²) in [6, 6.07) is 5.65. The first-order valence-electron chi connectivity index (χ1n) is 7.04. The number of aromatic nitrogens is 3. The number of anilines is 1. The molecule has 0 amide bonds. The Morgan fingerprint density at radius 3 is 3.17 bits per heavy atom. The van der Waals surface area contributed by atoms with Crippen molar-refractivity contribution in [1.82, 2.24) is 15.0 Å². The highest BCUT2D eigenvalue weighted by molar-refractivity contribution is 6.20. The van der Waals surface area contributed by atoms with E-state index < -0.39 is 0 Å². The summed E-state index contributed by atoms with van der Waals surface area (Å²) in [7, 11) is 0. The molecule has 0 saturated carbocycles. The average molecular weight is 307 g/mol. The number of aliphatic imine (C=N–C) groups is 1. The second kappa shape index (κ2) is 5.45. The van der Waals surface area contributed by atoms with Gasteiger partial charge in [-0.05, 0) is 24.3 Å². The molecule has 1 aliphatic rings. The third kappa shape index (κ3) is 2.59. The summed E-state index contributed by atoms with van der Waals surface area (Å²) in [6.45, 7) is 0.549.